The number of hydrogen-bond donors (Lipinski definition) is 2. The Bertz CT molecular complexity index is 462. The molecule has 0 bridgehead atoms. The summed E-state index contributed by atoms with van der Waals surface area (Å²) in [4.78, 5) is 13.5. The van der Waals surface area contributed by atoms with Gasteiger partial charge in [0.1, 0.15) is 0 Å². The van der Waals surface area contributed by atoms with Gasteiger partial charge in [-0.1, -0.05) is 6.07 Å². The van der Waals surface area contributed by atoms with Crippen LogP contribution in [0.25, 0.3) is 0 Å². The number of nitrogens with zero attached hydrogens (tertiary/aromatic N) is 1. The molecule has 2 rings (SSSR count). The van der Waals surface area contributed by atoms with Gasteiger partial charge in [-0.2, -0.15) is 0 Å². The molecule has 1 unspecified atom stereocenters. The van der Waals surface area contributed by atoms with Gasteiger partial charge in [0.25, 0.3) is 0 Å². The van der Waals surface area contributed by atoms with Gasteiger partial charge in [0.05, 0.1) is 12.6 Å². The highest BCUT2D eigenvalue weighted by atomic mass is 16.5. The molecule has 1 amide bonds. The Morgan fingerprint density at radius 1 is 1.53 bits per heavy atom. The average Bonchev–Trinajstić information content (AvgIpc) is 2.71. The molecule has 0 aromatic heterocycles. The number of ether oxygens (including phenoxy) is 1. The summed E-state index contributed by atoms with van der Waals surface area (Å²) < 4.78 is 5.33. The lowest BCUT2D eigenvalue weighted by Crippen LogP contribution is -2.36. The SMILES string of the molecule is CCOc1cc(CNC2CCN(C)C2=O)ccc1O. The summed E-state index contributed by atoms with van der Waals surface area (Å²) in [5, 5.41) is 12.9. The molecule has 1 fully saturated rings. The van der Waals surface area contributed by atoms with E-state index in [1.54, 1.807) is 17.0 Å². The summed E-state index contributed by atoms with van der Waals surface area (Å²) in [6, 6.07) is 5.14. The first-order valence-corrected chi connectivity index (χ1v) is 6.55. The fourth-order valence-electron chi connectivity index (χ4n) is 2.19. The maximum atomic E-state index is 11.7. The molecule has 104 valence electrons. The minimum Gasteiger partial charge on any atom is -0.504 e. The number of amides is 1. The lowest BCUT2D eigenvalue weighted by molar-refractivity contribution is -0.128. The van der Waals surface area contributed by atoms with Crippen LogP contribution in [0.3, 0.4) is 0 Å². The third-order valence-electron chi connectivity index (χ3n) is 3.30. The number of benzene rings is 1. The summed E-state index contributed by atoms with van der Waals surface area (Å²) in [5.41, 5.74) is 0.989. The number of aromatic hydroxyl groups is 1. The first-order chi connectivity index (χ1) is 9.11. The topological polar surface area (TPSA) is 61.8 Å². The molecule has 0 aliphatic carbocycles. The van der Waals surface area contributed by atoms with Crippen molar-refractivity contribution in [2.24, 2.45) is 0 Å². The lowest BCUT2D eigenvalue weighted by atomic mass is 10.1. The highest BCUT2D eigenvalue weighted by Crippen LogP contribution is 2.26. The summed E-state index contributed by atoms with van der Waals surface area (Å²) in [6.07, 6.45) is 0.839. The second-order valence-corrected chi connectivity index (χ2v) is 4.72. The van der Waals surface area contributed by atoms with Gasteiger partial charge in [0.2, 0.25) is 5.91 Å². The third-order valence-corrected chi connectivity index (χ3v) is 3.30. The Kier molecular flexibility index (Phi) is 4.27. The maximum Gasteiger partial charge on any atom is 0.239 e. The summed E-state index contributed by atoms with van der Waals surface area (Å²) in [5.74, 6) is 0.766. The molecular weight excluding hydrogens is 244 g/mol. The first kappa shape index (κ1) is 13.7. The smallest absolute Gasteiger partial charge is 0.239 e. The Morgan fingerprint density at radius 3 is 2.95 bits per heavy atom. The van der Waals surface area contributed by atoms with Crippen LogP contribution < -0.4 is 10.1 Å². The van der Waals surface area contributed by atoms with Crippen LogP contribution in [0.15, 0.2) is 18.2 Å². The van der Waals surface area contributed by atoms with E-state index in [1.807, 2.05) is 20.0 Å². The van der Waals surface area contributed by atoms with Gasteiger partial charge in [0, 0.05) is 20.1 Å². The quantitative estimate of drug-likeness (QED) is 0.836. The zero-order valence-electron chi connectivity index (χ0n) is 11.3. The van der Waals surface area contributed by atoms with E-state index < -0.39 is 0 Å². The summed E-state index contributed by atoms with van der Waals surface area (Å²) >= 11 is 0. The molecule has 1 atom stereocenters. The van der Waals surface area contributed by atoms with Crippen LogP contribution in [0.5, 0.6) is 11.5 Å². The zero-order valence-corrected chi connectivity index (χ0v) is 11.3. The standard InChI is InChI=1S/C14H20N2O3/c1-3-19-13-8-10(4-5-12(13)17)9-15-11-6-7-16(2)14(11)18/h4-5,8,11,15,17H,3,6-7,9H2,1-2H3. The van der Waals surface area contributed by atoms with E-state index in [1.165, 1.54) is 0 Å². The second kappa shape index (κ2) is 5.93. The Morgan fingerprint density at radius 2 is 2.32 bits per heavy atom. The lowest BCUT2D eigenvalue weighted by Gasteiger charge is -2.13. The van der Waals surface area contributed by atoms with Crippen LogP contribution in [0.2, 0.25) is 0 Å². The van der Waals surface area contributed by atoms with E-state index in [-0.39, 0.29) is 17.7 Å². The molecule has 0 spiro atoms. The van der Waals surface area contributed by atoms with Crippen LogP contribution in [0.4, 0.5) is 0 Å². The second-order valence-electron chi connectivity index (χ2n) is 4.72. The zero-order chi connectivity index (χ0) is 13.8. The molecule has 5 nitrogen and oxygen atoms in total. The molecule has 5 heteroatoms. The highest BCUT2D eigenvalue weighted by molar-refractivity contribution is 5.83. The van der Waals surface area contributed by atoms with Crippen molar-refractivity contribution in [2.75, 3.05) is 20.2 Å². The summed E-state index contributed by atoms with van der Waals surface area (Å²) in [6.45, 7) is 3.77. The van der Waals surface area contributed by atoms with E-state index in [9.17, 15) is 9.90 Å². The van der Waals surface area contributed by atoms with Crippen molar-refractivity contribution in [2.45, 2.75) is 25.9 Å². The average molecular weight is 264 g/mol. The van der Waals surface area contributed by atoms with Crippen LogP contribution in [0.1, 0.15) is 18.9 Å². The van der Waals surface area contributed by atoms with Crippen LogP contribution in [-0.2, 0) is 11.3 Å². The van der Waals surface area contributed by atoms with E-state index in [4.69, 9.17) is 4.74 Å². The Hall–Kier alpha value is -1.75. The van der Waals surface area contributed by atoms with Crippen molar-refractivity contribution in [3.05, 3.63) is 23.8 Å². The number of likely N-dealkylation sites (tertiary alicyclic amines) is 1. The third kappa shape index (κ3) is 3.17. The highest BCUT2D eigenvalue weighted by Gasteiger charge is 2.28. The predicted molar refractivity (Wildman–Crippen MR) is 72.2 cm³/mol. The van der Waals surface area contributed by atoms with Crippen molar-refractivity contribution in [3.8, 4) is 11.5 Å². The summed E-state index contributed by atoms with van der Waals surface area (Å²) in [7, 11) is 1.82. The molecule has 0 saturated carbocycles. The maximum absolute atomic E-state index is 11.7. The number of phenolic OH excluding ortho intramolecular Hbond substituents is 1. The van der Waals surface area contributed by atoms with Crippen molar-refractivity contribution >= 4 is 5.91 Å². The van der Waals surface area contributed by atoms with Crippen molar-refractivity contribution in [1.82, 2.24) is 10.2 Å². The molecule has 1 aliphatic rings. The molecule has 19 heavy (non-hydrogen) atoms. The fraction of sp³-hybridized carbons (Fsp3) is 0.500. The number of likely N-dealkylation sites (N-methyl/N-ethyl adjacent to an activating group) is 1. The normalized spacial score (nSPS) is 18.9. The minimum atomic E-state index is -0.102. The van der Waals surface area contributed by atoms with E-state index in [0.717, 1.165) is 18.5 Å². The predicted octanol–water partition coefficient (Wildman–Crippen LogP) is 1.11. The number of carbonyl (C=O) groups excluding carboxylic acids is 1. The molecule has 0 radical (unpaired) electrons. The van der Waals surface area contributed by atoms with Crippen LogP contribution in [-0.4, -0.2) is 42.2 Å². The number of carbonyl (C=O) groups is 1. The van der Waals surface area contributed by atoms with Crippen LogP contribution in [0, 0.1) is 0 Å². The molecule has 2 N–H and O–H groups in total. The van der Waals surface area contributed by atoms with Gasteiger partial charge in [-0.3, -0.25) is 4.79 Å². The van der Waals surface area contributed by atoms with Crippen molar-refractivity contribution in [1.29, 1.82) is 0 Å². The Labute approximate surface area is 113 Å². The van der Waals surface area contributed by atoms with Crippen molar-refractivity contribution in [3.63, 3.8) is 0 Å². The largest absolute Gasteiger partial charge is 0.504 e. The molecule has 1 aliphatic heterocycles. The van der Waals surface area contributed by atoms with Gasteiger partial charge in [-0.15, -0.1) is 0 Å². The van der Waals surface area contributed by atoms with Gasteiger partial charge in [0.15, 0.2) is 11.5 Å². The van der Waals surface area contributed by atoms with E-state index >= 15 is 0 Å². The van der Waals surface area contributed by atoms with E-state index in [2.05, 4.69) is 5.32 Å². The van der Waals surface area contributed by atoms with Crippen molar-refractivity contribution < 1.29 is 14.6 Å². The number of phenols is 1. The van der Waals surface area contributed by atoms with Gasteiger partial charge < -0.3 is 20.1 Å². The minimum absolute atomic E-state index is 0.102. The van der Waals surface area contributed by atoms with Gasteiger partial charge >= 0.3 is 0 Å². The molecular formula is C14H20N2O3. The van der Waals surface area contributed by atoms with Crippen LogP contribution >= 0.6 is 0 Å². The number of nitrogens with one attached hydrogen (secondary N) is 1. The van der Waals surface area contributed by atoms with Gasteiger partial charge in [-0.25, -0.2) is 0 Å². The molecule has 1 aromatic rings. The van der Waals surface area contributed by atoms with E-state index in [0.29, 0.717) is 18.9 Å². The fourth-order valence-corrected chi connectivity index (χ4v) is 2.19. The van der Waals surface area contributed by atoms with Gasteiger partial charge in [-0.05, 0) is 31.0 Å². The molecule has 1 heterocycles. The number of hydrogen-bond acceptors (Lipinski definition) is 4. The molecule has 1 aromatic carbocycles. The molecule has 1 saturated heterocycles. The number of rotatable bonds is 5. The monoisotopic (exact) mass is 264 g/mol. The Balaban J connectivity index is 1.96. The first-order valence-electron chi connectivity index (χ1n) is 6.55.